The van der Waals surface area contributed by atoms with E-state index < -0.39 is 0 Å². The highest BCUT2D eigenvalue weighted by Crippen LogP contribution is 2.36. The molecule has 1 aromatic heterocycles. The van der Waals surface area contributed by atoms with Gasteiger partial charge in [-0.05, 0) is 61.9 Å². The van der Waals surface area contributed by atoms with E-state index in [1.54, 1.807) is 0 Å². The molecule has 1 aromatic carbocycles. The van der Waals surface area contributed by atoms with Crippen molar-refractivity contribution in [1.29, 1.82) is 0 Å². The molecule has 7 nitrogen and oxygen atoms in total. The molecule has 5 rings (SSSR count). The molecule has 0 N–H and O–H groups in total. The number of nitrogens with zero attached hydrogens (tertiary/aromatic N) is 4. The predicted molar refractivity (Wildman–Crippen MR) is 127 cm³/mol. The number of benzene rings is 1. The number of piperazine rings is 1. The van der Waals surface area contributed by atoms with Crippen LogP contribution in [0.2, 0.25) is 0 Å². The molecule has 1 saturated carbocycles. The third-order valence-electron chi connectivity index (χ3n) is 7.40. The Labute approximate surface area is 196 Å². The lowest BCUT2D eigenvalue weighted by Gasteiger charge is -2.38. The minimum atomic E-state index is 0.232. The van der Waals surface area contributed by atoms with Crippen LogP contribution in [0.1, 0.15) is 51.9 Å². The lowest BCUT2D eigenvalue weighted by atomic mass is 9.79. The Morgan fingerprint density at radius 3 is 2.48 bits per heavy atom. The van der Waals surface area contributed by atoms with Crippen LogP contribution in [0.4, 0.5) is 5.82 Å². The second-order valence-corrected chi connectivity index (χ2v) is 9.52. The summed E-state index contributed by atoms with van der Waals surface area (Å²) in [6.07, 6.45) is 8.52. The van der Waals surface area contributed by atoms with Crippen LogP contribution in [0.15, 0.2) is 30.3 Å². The van der Waals surface area contributed by atoms with Gasteiger partial charge in [-0.15, -0.1) is 10.2 Å². The van der Waals surface area contributed by atoms with Gasteiger partial charge in [0.25, 0.3) is 0 Å². The fourth-order valence-electron chi connectivity index (χ4n) is 5.31. The van der Waals surface area contributed by atoms with Crippen LogP contribution in [-0.2, 0) is 4.79 Å². The smallest absolute Gasteiger partial charge is 0.231 e. The largest absolute Gasteiger partial charge is 0.454 e. The molecule has 0 spiro atoms. The molecule has 1 aliphatic carbocycles. The van der Waals surface area contributed by atoms with Gasteiger partial charge in [0.05, 0.1) is 5.69 Å². The number of fused-ring (bicyclic) bond motifs is 1. The lowest BCUT2D eigenvalue weighted by Crippen LogP contribution is -2.51. The number of carbonyl (C=O) groups is 1. The zero-order valence-corrected chi connectivity index (χ0v) is 19.5. The average molecular weight is 451 g/mol. The maximum Gasteiger partial charge on any atom is 0.231 e. The SMILES string of the molecule is CCCCC1CCC(C(=O)N2CCN(c3ccc(-c4ccc5c(c4)OCO5)nn3)CC2)CC1. The van der Waals surface area contributed by atoms with E-state index in [0.717, 1.165) is 73.5 Å². The van der Waals surface area contributed by atoms with E-state index in [4.69, 9.17) is 9.47 Å². The van der Waals surface area contributed by atoms with Gasteiger partial charge in [-0.2, -0.15) is 0 Å². The van der Waals surface area contributed by atoms with Crippen LogP contribution in [0.25, 0.3) is 11.3 Å². The molecular weight excluding hydrogens is 416 g/mol. The van der Waals surface area contributed by atoms with Crippen molar-refractivity contribution in [2.75, 3.05) is 37.9 Å². The van der Waals surface area contributed by atoms with E-state index in [2.05, 4.69) is 26.9 Å². The first-order valence-electron chi connectivity index (χ1n) is 12.5. The number of hydrogen-bond acceptors (Lipinski definition) is 6. The summed E-state index contributed by atoms with van der Waals surface area (Å²) < 4.78 is 10.8. The first-order chi connectivity index (χ1) is 16.2. The third-order valence-corrected chi connectivity index (χ3v) is 7.40. The molecule has 3 aliphatic rings. The van der Waals surface area contributed by atoms with Crippen LogP contribution in [0.5, 0.6) is 11.5 Å². The fourth-order valence-corrected chi connectivity index (χ4v) is 5.31. The summed E-state index contributed by atoms with van der Waals surface area (Å²) in [5, 5.41) is 8.90. The highest BCUT2D eigenvalue weighted by atomic mass is 16.7. The molecule has 33 heavy (non-hydrogen) atoms. The Hall–Kier alpha value is -2.83. The minimum Gasteiger partial charge on any atom is -0.454 e. The first-order valence-corrected chi connectivity index (χ1v) is 12.5. The van der Waals surface area contributed by atoms with Crippen LogP contribution >= 0.6 is 0 Å². The van der Waals surface area contributed by atoms with Gasteiger partial charge in [-0.25, -0.2) is 0 Å². The van der Waals surface area contributed by atoms with E-state index >= 15 is 0 Å². The Bertz CT molecular complexity index is 949. The van der Waals surface area contributed by atoms with Crippen LogP contribution < -0.4 is 14.4 Å². The van der Waals surface area contributed by atoms with Crippen LogP contribution in [-0.4, -0.2) is 54.0 Å². The van der Waals surface area contributed by atoms with Crippen molar-refractivity contribution >= 4 is 11.7 Å². The maximum absolute atomic E-state index is 13.1. The molecule has 0 atom stereocenters. The number of ether oxygens (including phenoxy) is 2. The summed E-state index contributed by atoms with van der Waals surface area (Å²) >= 11 is 0. The van der Waals surface area contributed by atoms with Crippen LogP contribution in [0, 0.1) is 11.8 Å². The molecule has 176 valence electrons. The normalized spacial score (nSPS) is 22.5. The predicted octanol–water partition coefficient (Wildman–Crippen LogP) is 4.52. The molecule has 7 heteroatoms. The van der Waals surface area contributed by atoms with E-state index in [1.165, 1.54) is 32.1 Å². The number of hydrogen-bond donors (Lipinski definition) is 0. The van der Waals surface area contributed by atoms with Crippen molar-refractivity contribution in [2.24, 2.45) is 11.8 Å². The molecule has 0 radical (unpaired) electrons. The van der Waals surface area contributed by atoms with E-state index in [0.29, 0.717) is 5.91 Å². The highest BCUT2D eigenvalue weighted by molar-refractivity contribution is 5.79. The third kappa shape index (κ3) is 4.92. The number of amides is 1. The molecule has 2 aromatic rings. The second-order valence-electron chi connectivity index (χ2n) is 9.52. The number of rotatable bonds is 6. The van der Waals surface area contributed by atoms with Gasteiger partial charge in [-0.3, -0.25) is 4.79 Å². The first kappa shape index (κ1) is 22.0. The Morgan fingerprint density at radius 2 is 1.76 bits per heavy atom. The summed E-state index contributed by atoms with van der Waals surface area (Å²) in [5.74, 6) is 3.81. The van der Waals surface area contributed by atoms with Gasteiger partial charge in [-0.1, -0.05) is 26.2 Å². The summed E-state index contributed by atoms with van der Waals surface area (Å²) in [7, 11) is 0. The monoisotopic (exact) mass is 450 g/mol. The molecule has 2 aliphatic heterocycles. The number of carbonyl (C=O) groups excluding carboxylic acids is 1. The number of aromatic nitrogens is 2. The molecular formula is C26H34N4O3. The molecule has 0 bridgehead atoms. The van der Waals surface area contributed by atoms with Crippen molar-refractivity contribution in [3.05, 3.63) is 30.3 Å². The van der Waals surface area contributed by atoms with Gasteiger partial charge in [0.2, 0.25) is 12.7 Å². The average Bonchev–Trinajstić information content (AvgIpc) is 3.36. The van der Waals surface area contributed by atoms with Crippen molar-refractivity contribution in [2.45, 2.75) is 51.9 Å². The van der Waals surface area contributed by atoms with Crippen LogP contribution in [0.3, 0.4) is 0 Å². The zero-order valence-electron chi connectivity index (χ0n) is 19.5. The molecule has 2 fully saturated rings. The van der Waals surface area contributed by atoms with Crippen molar-refractivity contribution < 1.29 is 14.3 Å². The summed E-state index contributed by atoms with van der Waals surface area (Å²) in [6, 6.07) is 9.82. The number of anilines is 1. The van der Waals surface area contributed by atoms with Gasteiger partial charge in [0.1, 0.15) is 0 Å². The van der Waals surface area contributed by atoms with Gasteiger partial charge >= 0.3 is 0 Å². The molecule has 1 amide bonds. The Balaban J connectivity index is 1.13. The summed E-state index contributed by atoms with van der Waals surface area (Å²) in [5.41, 5.74) is 1.76. The Morgan fingerprint density at radius 1 is 0.970 bits per heavy atom. The zero-order chi connectivity index (χ0) is 22.6. The van der Waals surface area contributed by atoms with Crippen molar-refractivity contribution in [1.82, 2.24) is 15.1 Å². The van der Waals surface area contributed by atoms with E-state index in [9.17, 15) is 4.79 Å². The molecule has 3 heterocycles. The summed E-state index contributed by atoms with van der Waals surface area (Å²) in [6.45, 7) is 5.65. The van der Waals surface area contributed by atoms with Gasteiger partial charge in [0.15, 0.2) is 17.3 Å². The standard InChI is InChI=1S/C26H34N4O3/c1-2-3-4-19-5-7-20(8-6-19)26(31)30-15-13-29(14-16-30)25-12-10-22(27-28-25)21-9-11-23-24(17-21)33-18-32-23/h9-12,17,19-20H,2-8,13-16,18H2,1H3. The lowest BCUT2D eigenvalue weighted by molar-refractivity contribution is -0.137. The number of unbranched alkanes of at least 4 members (excludes halogenated alkanes) is 1. The fraction of sp³-hybridized carbons (Fsp3) is 0.577. The highest BCUT2D eigenvalue weighted by Gasteiger charge is 2.31. The maximum atomic E-state index is 13.1. The van der Waals surface area contributed by atoms with E-state index in [1.807, 2.05) is 30.3 Å². The van der Waals surface area contributed by atoms with Crippen molar-refractivity contribution in [3.8, 4) is 22.8 Å². The Kier molecular flexibility index (Phi) is 6.65. The quantitative estimate of drug-likeness (QED) is 0.645. The minimum absolute atomic E-state index is 0.232. The van der Waals surface area contributed by atoms with Gasteiger partial charge < -0.3 is 19.3 Å². The topological polar surface area (TPSA) is 67.8 Å². The molecule has 0 unspecified atom stereocenters. The van der Waals surface area contributed by atoms with E-state index in [-0.39, 0.29) is 12.7 Å². The molecule has 1 saturated heterocycles. The summed E-state index contributed by atoms with van der Waals surface area (Å²) in [4.78, 5) is 17.4. The second kappa shape index (κ2) is 9.98. The van der Waals surface area contributed by atoms with Crippen molar-refractivity contribution in [3.63, 3.8) is 0 Å². The van der Waals surface area contributed by atoms with Gasteiger partial charge in [0, 0.05) is 37.7 Å².